The molecule has 0 amide bonds. The number of thioether (sulfide) groups is 1. The molecule has 0 atom stereocenters. The van der Waals surface area contributed by atoms with E-state index in [2.05, 4.69) is 12.1 Å². The lowest BCUT2D eigenvalue weighted by Gasteiger charge is -2.09. The third-order valence-corrected chi connectivity index (χ3v) is 4.34. The maximum Gasteiger partial charge on any atom is 0.0994 e. The minimum absolute atomic E-state index is 0.830. The van der Waals surface area contributed by atoms with E-state index in [1.54, 1.807) is 0 Å². The van der Waals surface area contributed by atoms with Crippen LogP contribution in [0.1, 0.15) is 36.8 Å². The van der Waals surface area contributed by atoms with E-state index in [1.807, 2.05) is 30.0 Å². The van der Waals surface area contributed by atoms with Crippen molar-refractivity contribution in [2.45, 2.75) is 36.7 Å². The van der Waals surface area contributed by atoms with Crippen molar-refractivity contribution in [2.75, 3.05) is 0 Å². The Kier molecular flexibility index (Phi) is 3.69. The standard InChI is InChI=1S/C13H15NS/c14-9-11-5-1-2-6-12(11)10-15-13-7-3-4-8-13/h1-2,5-6,13H,3-4,7-8,10H2. The Labute approximate surface area is 95.5 Å². The van der Waals surface area contributed by atoms with Gasteiger partial charge in [0.05, 0.1) is 11.6 Å². The van der Waals surface area contributed by atoms with Gasteiger partial charge in [-0.1, -0.05) is 31.0 Å². The van der Waals surface area contributed by atoms with Gasteiger partial charge in [-0.15, -0.1) is 0 Å². The van der Waals surface area contributed by atoms with Crippen molar-refractivity contribution in [3.63, 3.8) is 0 Å². The highest BCUT2D eigenvalue weighted by molar-refractivity contribution is 7.99. The van der Waals surface area contributed by atoms with Crippen LogP contribution in [-0.2, 0) is 5.75 Å². The molecular weight excluding hydrogens is 202 g/mol. The van der Waals surface area contributed by atoms with Crippen LogP contribution in [-0.4, -0.2) is 5.25 Å². The second kappa shape index (κ2) is 5.23. The Hall–Kier alpha value is -0.940. The summed E-state index contributed by atoms with van der Waals surface area (Å²) in [5.74, 6) is 0.994. The predicted molar refractivity (Wildman–Crippen MR) is 64.7 cm³/mol. The minimum atomic E-state index is 0.830. The summed E-state index contributed by atoms with van der Waals surface area (Å²) >= 11 is 2.02. The van der Waals surface area contributed by atoms with Gasteiger partial charge in [0.25, 0.3) is 0 Å². The topological polar surface area (TPSA) is 23.8 Å². The zero-order valence-corrected chi connectivity index (χ0v) is 9.59. The molecule has 1 saturated carbocycles. The van der Waals surface area contributed by atoms with E-state index in [1.165, 1.54) is 31.2 Å². The minimum Gasteiger partial charge on any atom is -0.192 e. The molecule has 0 unspecified atom stereocenters. The van der Waals surface area contributed by atoms with Crippen molar-refractivity contribution >= 4 is 11.8 Å². The van der Waals surface area contributed by atoms with Crippen molar-refractivity contribution in [1.82, 2.24) is 0 Å². The van der Waals surface area contributed by atoms with E-state index in [-0.39, 0.29) is 0 Å². The molecule has 1 aliphatic rings. The van der Waals surface area contributed by atoms with Crippen molar-refractivity contribution < 1.29 is 0 Å². The maximum absolute atomic E-state index is 8.95. The Bertz CT molecular complexity index is 361. The molecule has 1 fully saturated rings. The molecule has 15 heavy (non-hydrogen) atoms. The number of hydrogen-bond donors (Lipinski definition) is 0. The monoisotopic (exact) mass is 217 g/mol. The smallest absolute Gasteiger partial charge is 0.0994 e. The molecule has 0 aliphatic heterocycles. The first kappa shape index (κ1) is 10.6. The van der Waals surface area contributed by atoms with Gasteiger partial charge in [-0.3, -0.25) is 0 Å². The van der Waals surface area contributed by atoms with Crippen molar-refractivity contribution in [1.29, 1.82) is 5.26 Å². The lowest BCUT2D eigenvalue weighted by Crippen LogP contribution is -1.96. The predicted octanol–water partition coefficient (Wildman–Crippen LogP) is 3.73. The summed E-state index contributed by atoms with van der Waals surface area (Å²) in [6.45, 7) is 0. The number of benzene rings is 1. The van der Waals surface area contributed by atoms with Crippen molar-refractivity contribution in [2.24, 2.45) is 0 Å². The van der Waals surface area contributed by atoms with E-state index in [0.29, 0.717) is 0 Å². The summed E-state index contributed by atoms with van der Waals surface area (Å²) in [4.78, 5) is 0. The molecule has 0 heterocycles. The first-order valence-electron chi connectivity index (χ1n) is 5.50. The van der Waals surface area contributed by atoms with Crippen LogP contribution in [0.25, 0.3) is 0 Å². The fourth-order valence-electron chi connectivity index (χ4n) is 2.02. The summed E-state index contributed by atoms with van der Waals surface area (Å²) in [6.07, 6.45) is 5.49. The Morgan fingerprint density at radius 2 is 2.00 bits per heavy atom. The molecule has 0 radical (unpaired) electrons. The highest BCUT2D eigenvalue weighted by Gasteiger charge is 2.15. The van der Waals surface area contributed by atoms with Crippen LogP contribution in [0.4, 0.5) is 0 Å². The largest absolute Gasteiger partial charge is 0.192 e. The van der Waals surface area contributed by atoms with Gasteiger partial charge in [0, 0.05) is 11.0 Å². The molecule has 1 nitrogen and oxygen atoms in total. The summed E-state index contributed by atoms with van der Waals surface area (Å²) < 4.78 is 0. The van der Waals surface area contributed by atoms with Gasteiger partial charge < -0.3 is 0 Å². The number of hydrogen-bond acceptors (Lipinski definition) is 2. The van der Waals surface area contributed by atoms with Crippen molar-refractivity contribution in [3.8, 4) is 6.07 Å². The van der Waals surface area contributed by atoms with Crippen LogP contribution in [0.5, 0.6) is 0 Å². The van der Waals surface area contributed by atoms with Crippen molar-refractivity contribution in [3.05, 3.63) is 35.4 Å². The van der Waals surface area contributed by atoms with E-state index >= 15 is 0 Å². The van der Waals surface area contributed by atoms with Crippen LogP contribution in [0.2, 0.25) is 0 Å². The quantitative estimate of drug-likeness (QED) is 0.770. The fraction of sp³-hybridized carbons (Fsp3) is 0.462. The molecule has 1 aromatic carbocycles. The third kappa shape index (κ3) is 2.76. The normalized spacial score (nSPS) is 16.5. The van der Waals surface area contributed by atoms with Gasteiger partial charge in [0.1, 0.15) is 0 Å². The highest BCUT2D eigenvalue weighted by atomic mass is 32.2. The fourth-order valence-corrected chi connectivity index (χ4v) is 3.35. The Morgan fingerprint density at radius 1 is 1.27 bits per heavy atom. The van der Waals surface area contributed by atoms with Gasteiger partial charge in [-0.05, 0) is 24.5 Å². The molecule has 2 rings (SSSR count). The van der Waals surface area contributed by atoms with E-state index in [0.717, 1.165) is 16.6 Å². The number of rotatable bonds is 3. The maximum atomic E-state index is 8.95. The molecule has 2 heteroatoms. The van der Waals surface area contributed by atoms with Gasteiger partial charge >= 0.3 is 0 Å². The summed E-state index contributed by atoms with van der Waals surface area (Å²) in [6, 6.07) is 10.2. The Balaban J connectivity index is 1.95. The molecule has 0 bridgehead atoms. The van der Waals surface area contributed by atoms with E-state index < -0.39 is 0 Å². The van der Waals surface area contributed by atoms with Gasteiger partial charge in [-0.2, -0.15) is 17.0 Å². The molecule has 78 valence electrons. The first-order valence-corrected chi connectivity index (χ1v) is 6.54. The lowest BCUT2D eigenvalue weighted by atomic mass is 10.1. The van der Waals surface area contributed by atoms with E-state index in [9.17, 15) is 0 Å². The first-order chi connectivity index (χ1) is 7.40. The summed E-state index contributed by atoms with van der Waals surface area (Å²) in [7, 11) is 0. The summed E-state index contributed by atoms with van der Waals surface area (Å²) in [5, 5.41) is 9.78. The molecule has 1 aliphatic carbocycles. The van der Waals surface area contributed by atoms with Gasteiger partial charge in [0.15, 0.2) is 0 Å². The van der Waals surface area contributed by atoms with Crippen LogP contribution < -0.4 is 0 Å². The highest BCUT2D eigenvalue weighted by Crippen LogP contribution is 2.31. The van der Waals surface area contributed by atoms with E-state index in [4.69, 9.17) is 5.26 Å². The van der Waals surface area contributed by atoms with Crippen LogP contribution >= 0.6 is 11.8 Å². The molecule has 0 N–H and O–H groups in total. The average Bonchev–Trinajstić information content (AvgIpc) is 2.79. The number of nitriles is 1. The SMILES string of the molecule is N#Cc1ccccc1CSC1CCCC1. The Morgan fingerprint density at radius 3 is 2.73 bits per heavy atom. The van der Waals surface area contributed by atoms with Crippen LogP contribution in [0.3, 0.4) is 0 Å². The van der Waals surface area contributed by atoms with Crippen LogP contribution in [0, 0.1) is 11.3 Å². The lowest BCUT2D eigenvalue weighted by molar-refractivity contribution is 0.886. The zero-order chi connectivity index (χ0) is 10.5. The zero-order valence-electron chi connectivity index (χ0n) is 8.78. The second-order valence-electron chi connectivity index (χ2n) is 3.99. The molecular formula is C13H15NS. The van der Waals surface area contributed by atoms with Gasteiger partial charge in [-0.25, -0.2) is 0 Å². The third-order valence-electron chi connectivity index (χ3n) is 2.91. The summed E-state index contributed by atoms with van der Waals surface area (Å²) in [5.41, 5.74) is 2.03. The van der Waals surface area contributed by atoms with Crippen LogP contribution in [0.15, 0.2) is 24.3 Å². The second-order valence-corrected chi connectivity index (χ2v) is 5.28. The molecule has 0 aromatic heterocycles. The number of nitrogens with zero attached hydrogens (tertiary/aromatic N) is 1. The average molecular weight is 217 g/mol. The molecule has 0 spiro atoms. The molecule has 0 saturated heterocycles. The van der Waals surface area contributed by atoms with Gasteiger partial charge in [0.2, 0.25) is 0 Å². The molecule has 1 aromatic rings.